The first-order chi connectivity index (χ1) is 14.2. The highest BCUT2D eigenvalue weighted by Crippen LogP contribution is 2.47. The zero-order valence-electron chi connectivity index (χ0n) is 16.6. The molecule has 0 aromatic heterocycles. The predicted molar refractivity (Wildman–Crippen MR) is 103 cm³/mol. The fourth-order valence-electron chi connectivity index (χ4n) is 3.60. The second-order valence-corrected chi connectivity index (χ2v) is 7.17. The van der Waals surface area contributed by atoms with Crippen LogP contribution in [-0.2, 0) is 11.3 Å². The van der Waals surface area contributed by atoms with E-state index in [0.29, 0.717) is 0 Å². The molecule has 162 valence electrons. The molecule has 30 heavy (non-hydrogen) atoms. The van der Waals surface area contributed by atoms with Crippen molar-refractivity contribution in [2.75, 3.05) is 32.6 Å². The number of benzene rings is 2. The van der Waals surface area contributed by atoms with Crippen LogP contribution in [0.25, 0.3) is 0 Å². The Kier molecular flexibility index (Phi) is 6.21. The molecule has 3 rings (SSSR count). The molecule has 1 aliphatic rings. The van der Waals surface area contributed by atoms with Crippen LogP contribution >= 0.6 is 0 Å². The number of anilines is 1. The molecule has 1 atom stereocenters. The highest BCUT2D eigenvalue weighted by molar-refractivity contribution is 5.96. The third-order valence-corrected chi connectivity index (χ3v) is 5.30. The summed E-state index contributed by atoms with van der Waals surface area (Å²) in [6, 6.07) is 11.1. The average molecular weight is 426 g/mol. The van der Waals surface area contributed by atoms with Crippen molar-refractivity contribution in [3.05, 3.63) is 53.8 Å². The van der Waals surface area contributed by atoms with Gasteiger partial charge in [-0.2, -0.15) is 13.2 Å². The minimum absolute atomic E-state index is 0.0634. The number of ether oxygens (including phenoxy) is 2. The van der Waals surface area contributed by atoms with Gasteiger partial charge in [0.05, 0.1) is 19.9 Å². The van der Waals surface area contributed by atoms with E-state index in [1.54, 1.807) is 17.0 Å². The maximum absolute atomic E-state index is 14.3. The van der Waals surface area contributed by atoms with Crippen LogP contribution in [0.4, 0.5) is 23.2 Å². The average Bonchev–Trinajstić information content (AvgIpc) is 3.15. The summed E-state index contributed by atoms with van der Waals surface area (Å²) in [7, 11) is 2.60. The van der Waals surface area contributed by atoms with E-state index in [4.69, 9.17) is 9.47 Å². The fourth-order valence-corrected chi connectivity index (χ4v) is 3.60. The van der Waals surface area contributed by atoms with Gasteiger partial charge in [0.2, 0.25) is 5.91 Å². The number of hydrogen-bond donors (Lipinski definition) is 1. The van der Waals surface area contributed by atoms with Crippen LogP contribution in [0, 0.1) is 11.2 Å². The molecule has 1 unspecified atom stereocenters. The molecule has 2 aromatic carbocycles. The molecular weight excluding hydrogens is 404 g/mol. The van der Waals surface area contributed by atoms with Gasteiger partial charge < -0.3 is 14.8 Å². The van der Waals surface area contributed by atoms with Gasteiger partial charge in [-0.25, -0.2) is 4.39 Å². The first-order valence-electron chi connectivity index (χ1n) is 9.26. The SMILES string of the molecule is COc1cc(F)c(NC(=O)C2(C(F)(F)F)CCN(Cc3ccccc3)C2)cc1OC. The van der Waals surface area contributed by atoms with Crippen LogP contribution in [0.2, 0.25) is 0 Å². The third kappa shape index (κ3) is 4.21. The second kappa shape index (κ2) is 8.51. The van der Waals surface area contributed by atoms with E-state index in [9.17, 15) is 22.4 Å². The quantitative estimate of drug-likeness (QED) is 0.703. The highest BCUT2D eigenvalue weighted by Gasteiger charge is 2.63. The monoisotopic (exact) mass is 426 g/mol. The van der Waals surface area contributed by atoms with Crippen molar-refractivity contribution in [3.63, 3.8) is 0 Å². The van der Waals surface area contributed by atoms with Crippen LogP contribution in [-0.4, -0.2) is 44.3 Å². The Morgan fingerprint density at radius 1 is 1.13 bits per heavy atom. The van der Waals surface area contributed by atoms with Gasteiger partial charge in [-0.1, -0.05) is 30.3 Å². The van der Waals surface area contributed by atoms with E-state index < -0.39 is 42.0 Å². The number of rotatable bonds is 6. The van der Waals surface area contributed by atoms with Gasteiger partial charge in [0.1, 0.15) is 0 Å². The van der Waals surface area contributed by atoms with E-state index in [1.807, 2.05) is 18.2 Å². The largest absolute Gasteiger partial charge is 0.493 e. The molecule has 1 heterocycles. The summed E-state index contributed by atoms with van der Waals surface area (Å²) in [6.45, 7) is -0.126. The van der Waals surface area contributed by atoms with Crippen LogP contribution in [0.5, 0.6) is 11.5 Å². The Balaban J connectivity index is 1.84. The van der Waals surface area contributed by atoms with Gasteiger partial charge >= 0.3 is 6.18 Å². The first kappa shape index (κ1) is 21.9. The van der Waals surface area contributed by atoms with Gasteiger partial charge in [-0.05, 0) is 18.5 Å². The van der Waals surface area contributed by atoms with Crippen LogP contribution < -0.4 is 14.8 Å². The Morgan fingerprint density at radius 3 is 2.37 bits per heavy atom. The lowest BCUT2D eigenvalue weighted by Crippen LogP contribution is -2.50. The molecule has 1 N–H and O–H groups in total. The molecule has 0 aliphatic carbocycles. The lowest BCUT2D eigenvalue weighted by molar-refractivity contribution is -0.215. The summed E-state index contributed by atoms with van der Waals surface area (Å²) in [5.74, 6) is -2.06. The minimum atomic E-state index is -4.80. The van der Waals surface area contributed by atoms with Gasteiger partial charge in [0.25, 0.3) is 0 Å². The van der Waals surface area contributed by atoms with Crippen molar-refractivity contribution in [3.8, 4) is 11.5 Å². The minimum Gasteiger partial charge on any atom is -0.493 e. The number of hydrogen-bond acceptors (Lipinski definition) is 4. The standard InChI is InChI=1S/C21H22F4N2O3/c1-29-17-10-15(22)16(11-18(17)30-2)26-19(28)20(21(23,24)25)8-9-27(13-20)12-14-6-4-3-5-7-14/h3-7,10-11H,8-9,12-13H2,1-2H3,(H,26,28). The summed E-state index contributed by atoms with van der Waals surface area (Å²) in [4.78, 5) is 14.4. The Labute approximate surface area is 171 Å². The van der Waals surface area contributed by atoms with Crippen LogP contribution in [0.15, 0.2) is 42.5 Å². The number of likely N-dealkylation sites (tertiary alicyclic amines) is 1. The number of halogens is 4. The molecule has 1 amide bonds. The zero-order valence-corrected chi connectivity index (χ0v) is 16.6. The fraction of sp³-hybridized carbons (Fsp3) is 0.381. The maximum Gasteiger partial charge on any atom is 0.404 e. The van der Waals surface area contributed by atoms with Gasteiger partial charge in [0.15, 0.2) is 22.7 Å². The number of carbonyl (C=O) groups excluding carboxylic acids is 1. The van der Waals surface area contributed by atoms with E-state index in [1.165, 1.54) is 14.2 Å². The molecule has 9 heteroatoms. The van der Waals surface area contributed by atoms with Crippen LogP contribution in [0.1, 0.15) is 12.0 Å². The third-order valence-electron chi connectivity index (χ3n) is 5.30. The number of methoxy groups -OCH3 is 2. The summed E-state index contributed by atoms with van der Waals surface area (Å²) < 4.78 is 66.4. The van der Waals surface area contributed by atoms with E-state index >= 15 is 0 Å². The van der Waals surface area contributed by atoms with Crippen molar-refractivity contribution >= 4 is 11.6 Å². The zero-order chi connectivity index (χ0) is 21.9. The molecule has 5 nitrogen and oxygen atoms in total. The maximum atomic E-state index is 14.3. The Bertz CT molecular complexity index is 905. The second-order valence-electron chi connectivity index (χ2n) is 7.17. The normalized spacial score (nSPS) is 19.5. The molecule has 1 saturated heterocycles. The van der Waals surface area contributed by atoms with Crippen molar-refractivity contribution in [2.24, 2.45) is 5.41 Å². The van der Waals surface area contributed by atoms with Crippen molar-refractivity contribution in [1.82, 2.24) is 4.90 Å². The number of carbonyl (C=O) groups is 1. The van der Waals surface area contributed by atoms with E-state index in [-0.39, 0.29) is 24.6 Å². The van der Waals surface area contributed by atoms with E-state index in [2.05, 4.69) is 5.32 Å². The van der Waals surface area contributed by atoms with Crippen LogP contribution in [0.3, 0.4) is 0 Å². The van der Waals surface area contributed by atoms with Gasteiger partial charge in [-0.3, -0.25) is 9.69 Å². The molecule has 1 aliphatic heterocycles. The lowest BCUT2D eigenvalue weighted by atomic mass is 9.85. The lowest BCUT2D eigenvalue weighted by Gasteiger charge is -2.30. The summed E-state index contributed by atoms with van der Waals surface area (Å²) >= 11 is 0. The predicted octanol–water partition coefficient (Wildman–Crippen LogP) is 4.24. The molecule has 1 fully saturated rings. The molecule has 2 aromatic rings. The molecule has 0 saturated carbocycles. The summed E-state index contributed by atoms with van der Waals surface area (Å²) in [5.41, 5.74) is -2.19. The Morgan fingerprint density at radius 2 is 1.77 bits per heavy atom. The molecule has 0 radical (unpaired) electrons. The smallest absolute Gasteiger partial charge is 0.404 e. The number of alkyl halides is 3. The van der Waals surface area contributed by atoms with Gasteiger partial charge in [-0.15, -0.1) is 0 Å². The Hall–Kier alpha value is -2.81. The van der Waals surface area contributed by atoms with Crippen molar-refractivity contribution in [2.45, 2.75) is 19.1 Å². The molecule has 0 spiro atoms. The number of amides is 1. The highest BCUT2D eigenvalue weighted by atomic mass is 19.4. The molecule has 0 bridgehead atoms. The molecular formula is C21H22F4N2O3. The first-order valence-corrected chi connectivity index (χ1v) is 9.26. The number of nitrogens with one attached hydrogen (secondary N) is 1. The van der Waals surface area contributed by atoms with E-state index in [0.717, 1.165) is 17.7 Å². The van der Waals surface area contributed by atoms with Crippen molar-refractivity contribution < 1.29 is 31.8 Å². The summed E-state index contributed by atoms with van der Waals surface area (Å²) in [5, 5.41) is 2.11. The topological polar surface area (TPSA) is 50.8 Å². The van der Waals surface area contributed by atoms with Gasteiger partial charge in [0, 0.05) is 25.2 Å². The summed E-state index contributed by atoms with van der Waals surface area (Å²) in [6.07, 6.45) is -5.21. The van der Waals surface area contributed by atoms with Crippen molar-refractivity contribution in [1.29, 1.82) is 0 Å². The number of nitrogens with zero attached hydrogens (tertiary/aromatic N) is 1.